The van der Waals surface area contributed by atoms with Crippen LogP contribution in [-0.2, 0) is 0 Å². The summed E-state index contributed by atoms with van der Waals surface area (Å²) in [5.74, 6) is -0.810. The van der Waals surface area contributed by atoms with Crippen LogP contribution >= 0.6 is 11.6 Å². The fourth-order valence-corrected chi connectivity index (χ4v) is 1.69. The van der Waals surface area contributed by atoms with E-state index in [2.05, 4.69) is 0 Å². The molecule has 0 amide bonds. The van der Waals surface area contributed by atoms with Crippen molar-refractivity contribution < 1.29 is 9.18 Å². The van der Waals surface area contributed by atoms with Gasteiger partial charge in [0.15, 0.2) is 5.78 Å². The highest BCUT2D eigenvalue weighted by atomic mass is 35.5. The van der Waals surface area contributed by atoms with Gasteiger partial charge in [0, 0.05) is 5.56 Å². The molecule has 0 aliphatic carbocycles. The Bertz CT molecular complexity index is 396. The first kappa shape index (κ1) is 13.9. The van der Waals surface area contributed by atoms with Crippen LogP contribution < -0.4 is 5.73 Å². The molecular weight excluding hydrogens is 243 g/mol. The third kappa shape index (κ3) is 3.41. The molecule has 3 nitrogen and oxygen atoms in total. The van der Waals surface area contributed by atoms with Crippen molar-refractivity contribution >= 4 is 23.1 Å². The number of nitrogens with two attached hydrogens (primary N) is 1. The molecule has 0 aliphatic rings. The minimum absolute atomic E-state index is 0.0768. The van der Waals surface area contributed by atoms with Crippen molar-refractivity contribution in [1.29, 1.82) is 0 Å². The molecule has 2 N–H and O–H groups in total. The van der Waals surface area contributed by atoms with Gasteiger partial charge < -0.3 is 5.73 Å². The first-order valence-electron chi connectivity index (χ1n) is 5.49. The number of hydrogen-bond donors (Lipinski definition) is 1. The van der Waals surface area contributed by atoms with E-state index >= 15 is 0 Å². The van der Waals surface area contributed by atoms with Gasteiger partial charge in [0.05, 0.1) is 17.3 Å². The minimum Gasteiger partial charge on any atom is -0.395 e. The van der Waals surface area contributed by atoms with Crippen LogP contribution in [0.5, 0.6) is 0 Å². The van der Waals surface area contributed by atoms with Gasteiger partial charge >= 0.3 is 0 Å². The average Bonchev–Trinajstić information content (AvgIpc) is 2.31. The standard InChI is InChI=1S/C12H16ClFN2O/c1-3-16(4-2)7-11(17)8-5-9(13)12(15)10(14)6-8/h5-6H,3-4,7,15H2,1-2H3. The monoisotopic (exact) mass is 258 g/mol. The summed E-state index contributed by atoms with van der Waals surface area (Å²) in [5, 5.41) is 0.0768. The SMILES string of the molecule is CCN(CC)CC(=O)c1cc(F)c(N)c(Cl)c1. The summed E-state index contributed by atoms with van der Waals surface area (Å²) < 4.78 is 13.3. The van der Waals surface area contributed by atoms with Crippen LogP contribution in [0.15, 0.2) is 12.1 Å². The van der Waals surface area contributed by atoms with Crippen LogP contribution in [-0.4, -0.2) is 30.3 Å². The van der Waals surface area contributed by atoms with Crippen molar-refractivity contribution in [2.24, 2.45) is 0 Å². The van der Waals surface area contributed by atoms with Gasteiger partial charge in [0.1, 0.15) is 5.82 Å². The molecule has 5 heteroatoms. The van der Waals surface area contributed by atoms with Gasteiger partial charge in [-0.25, -0.2) is 4.39 Å². The van der Waals surface area contributed by atoms with Crippen molar-refractivity contribution in [3.63, 3.8) is 0 Å². The molecule has 94 valence electrons. The second kappa shape index (κ2) is 5.98. The van der Waals surface area contributed by atoms with Gasteiger partial charge in [0.2, 0.25) is 0 Å². The molecule has 0 spiro atoms. The fraction of sp³-hybridized carbons (Fsp3) is 0.417. The molecule has 0 bridgehead atoms. The number of Topliss-reactive ketones (excluding diaryl/α,β-unsaturated/α-hetero) is 1. The predicted octanol–water partition coefficient (Wildman–Crippen LogP) is 2.59. The Labute approximate surface area is 105 Å². The number of hydrogen-bond acceptors (Lipinski definition) is 3. The van der Waals surface area contributed by atoms with Gasteiger partial charge in [-0.2, -0.15) is 0 Å². The molecule has 17 heavy (non-hydrogen) atoms. The Hall–Kier alpha value is -1.13. The summed E-state index contributed by atoms with van der Waals surface area (Å²) in [6.07, 6.45) is 0. The highest BCUT2D eigenvalue weighted by Crippen LogP contribution is 2.23. The molecule has 1 rings (SSSR count). The Morgan fingerprint density at radius 1 is 1.41 bits per heavy atom. The number of carbonyl (C=O) groups excluding carboxylic acids is 1. The molecule has 0 atom stereocenters. The summed E-state index contributed by atoms with van der Waals surface area (Å²) in [6.45, 7) is 5.73. The normalized spacial score (nSPS) is 10.9. The Kier molecular flexibility index (Phi) is 4.90. The summed E-state index contributed by atoms with van der Waals surface area (Å²) >= 11 is 5.74. The lowest BCUT2D eigenvalue weighted by molar-refractivity contribution is 0.0937. The topological polar surface area (TPSA) is 46.3 Å². The molecule has 0 radical (unpaired) electrons. The van der Waals surface area contributed by atoms with E-state index in [1.54, 1.807) is 0 Å². The summed E-state index contributed by atoms with van der Waals surface area (Å²) in [4.78, 5) is 13.8. The molecule has 0 heterocycles. The zero-order valence-electron chi connectivity index (χ0n) is 9.96. The molecule has 0 saturated heterocycles. The minimum atomic E-state index is -0.652. The average molecular weight is 259 g/mol. The lowest BCUT2D eigenvalue weighted by Crippen LogP contribution is -2.29. The summed E-state index contributed by atoms with van der Waals surface area (Å²) in [6, 6.07) is 2.54. The molecule has 0 fully saturated rings. The molecule has 0 unspecified atom stereocenters. The predicted molar refractivity (Wildman–Crippen MR) is 67.9 cm³/mol. The third-order valence-corrected chi connectivity index (χ3v) is 2.98. The van der Waals surface area contributed by atoms with E-state index in [9.17, 15) is 9.18 Å². The van der Waals surface area contributed by atoms with Crippen LogP contribution in [0.2, 0.25) is 5.02 Å². The van der Waals surface area contributed by atoms with Crippen molar-refractivity contribution in [2.45, 2.75) is 13.8 Å². The van der Waals surface area contributed by atoms with Crippen LogP contribution in [0.1, 0.15) is 24.2 Å². The number of nitrogen functional groups attached to an aromatic ring is 1. The van der Waals surface area contributed by atoms with Crippen molar-refractivity contribution in [3.05, 3.63) is 28.5 Å². The van der Waals surface area contributed by atoms with Crippen molar-refractivity contribution in [3.8, 4) is 0 Å². The zero-order chi connectivity index (χ0) is 13.0. The number of nitrogens with zero attached hydrogens (tertiary/aromatic N) is 1. The fourth-order valence-electron chi connectivity index (χ4n) is 1.49. The van der Waals surface area contributed by atoms with Crippen LogP contribution in [0, 0.1) is 5.82 Å². The zero-order valence-corrected chi connectivity index (χ0v) is 10.7. The maximum atomic E-state index is 13.3. The lowest BCUT2D eigenvalue weighted by Gasteiger charge is -2.17. The smallest absolute Gasteiger partial charge is 0.176 e. The third-order valence-electron chi connectivity index (χ3n) is 2.66. The number of benzene rings is 1. The number of likely N-dealkylation sites (N-methyl/N-ethyl adjacent to an activating group) is 1. The van der Waals surface area contributed by atoms with Crippen molar-refractivity contribution in [1.82, 2.24) is 4.90 Å². The molecule has 1 aromatic carbocycles. The number of rotatable bonds is 5. The molecule has 1 aromatic rings. The van der Waals surface area contributed by atoms with Gasteiger partial charge in [-0.3, -0.25) is 9.69 Å². The van der Waals surface area contributed by atoms with E-state index in [-0.39, 0.29) is 28.6 Å². The maximum Gasteiger partial charge on any atom is 0.176 e. The van der Waals surface area contributed by atoms with Crippen LogP contribution in [0.4, 0.5) is 10.1 Å². The Balaban J connectivity index is 2.90. The van der Waals surface area contributed by atoms with Gasteiger partial charge in [-0.15, -0.1) is 0 Å². The van der Waals surface area contributed by atoms with E-state index in [4.69, 9.17) is 17.3 Å². The molecule has 0 aliphatic heterocycles. The Morgan fingerprint density at radius 2 is 2.00 bits per heavy atom. The van der Waals surface area contributed by atoms with E-state index in [0.29, 0.717) is 0 Å². The molecule has 0 saturated carbocycles. The second-order valence-electron chi connectivity index (χ2n) is 3.74. The second-order valence-corrected chi connectivity index (χ2v) is 4.15. The largest absolute Gasteiger partial charge is 0.395 e. The lowest BCUT2D eigenvalue weighted by atomic mass is 10.1. The van der Waals surface area contributed by atoms with Crippen LogP contribution in [0.3, 0.4) is 0 Å². The quantitative estimate of drug-likeness (QED) is 0.652. The van der Waals surface area contributed by atoms with E-state index in [0.717, 1.165) is 19.2 Å². The Morgan fingerprint density at radius 3 is 2.47 bits per heavy atom. The highest BCUT2D eigenvalue weighted by molar-refractivity contribution is 6.33. The summed E-state index contributed by atoms with van der Waals surface area (Å²) in [7, 11) is 0. The van der Waals surface area contributed by atoms with Crippen LogP contribution in [0.25, 0.3) is 0 Å². The first-order valence-corrected chi connectivity index (χ1v) is 5.87. The number of halogens is 2. The number of carbonyl (C=O) groups is 1. The van der Waals surface area contributed by atoms with Gasteiger partial charge in [0.25, 0.3) is 0 Å². The van der Waals surface area contributed by atoms with E-state index < -0.39 is 5.82 Å². The van der Waals surface area contributed by atoms with Gasteiger partial charge in [-0.1, -0.05) is 25.4 Å². The highest BCUT2D eigenvalue weighted by Gasteiger charge is 2.14. The first-order chi connectivity index (χ1) is 7.99. The maximum absolute atomic E-state index is 13.3. The van der Waals surface area contributed by atoms with Gasteiger partial charge in [-0.05, 0) is 25.2 Å². The van der Waals surface area contributed by atoms with Crippen molar-refractivity contribution in [2.75, 3.05) is 25.4 Å². The van der Waals surface area contributed by atoms with E-state index in [1.807, 2.05) is 18.7 Å². The van der Waals surface area contributed by atoms with E-state index in [1.165, 1.54) is 6.07 Å². The number of anilines is 1. The molecule has 0 aromatic heterocycles. The summed E-state index contributed by atoms with van der Waals surface area (Å²) in [5.41, 5.74) is 5.51. The molecular formula is C12H16ClFN2O. The number of ketones is 1.